The van der Waals surface area contributed by atoms with E-state index in [4.69, 9.17) is 16.7 Å². The summed E-state index contributed by atoms with van der Waals surface area (Å²) in [6, 6.07) is 1.85. The summed E-state index contributed by atoms with van der Waals surface area (Å²) in [4.78, 5) is 15.1. The Morgan fingerprint density at radius 3 is 2.88 bits per heavy atom. The summed E-state index contributed by atoms with van der Waals surface area (Å²) < 4.78 is 1.88. The van der Waals surface area contributed by atoms with Crippen molar-refractivity contribution in [2.45, 2.75) is 26.7 Å². The average Bonchev–Trinajstić information content (AvgIpc) is 2.52. The van der Waals surface area contributed by atoms with E-state index in [9.17, 15) is 4.79 Å². The molecule has 0 aromatic carbocycles. The molecule has 17 heavy (non-hydrogen) atoms. The maximum atomic E-state index is 10.6. The fourth-order valence-electron chi connectivity index (χ4n) is 1.96. The maximum Gasteiger partial charge on any atom is 0.303 e. The summed E-state index contributed by atoms with van der Waals surface area (Å²) >= 11 is 6.00. The van der Waals surface area contributed by atoms with Gasteiger partial charge in [0.2, 0.25) is 0 Å². The van der Waals surface area contributed by atoms with E-state index in [-0.39, 0.29) is 6.42 Å². The van der Waals surface area contributed by atoms with Crippen LogP contribution in [0.1, 0.15) is 23.4 Å². The van der Waals surface area contributed by atoms with Crippen molar-refractivity contribution in [3.8, 4) is 0 Å². The molecule has 2 rings (SSSR count). The van der Waals surface area contributed by atoms with Gasteiger partial charge in [0.25, 0.3) is 0 Å². The highest BCUT2D eigenvalue weighted by molar-refractivity contribution is 6.30. The molecule has 0 bridgehead atoms. The molecule has 1 N–H and O–H groups in total. The Morgan fingerprint density at radius 2 is 2.24 bits per heavy atom. The number of nitrogens with zero attached hydrogens (tertiary/aromatic N) is 2. The van der Waals surface area contributed by atoms with Crippen LogP contribution in [-0.4, -0.2) is 20.5 Å². The number of aryl methyl sites for hydroxylation is 3. The van der Waals surface area contributed by atoms with Gasteiger partial charge in [0, 0.05) is 18.3 Å². The number of fused-ring (bicyclic) bond motifs is 1. The van der Waals surface area contributed by atoms with Crippen LogP contribution in [0.25, 0.3) is 5.65 Å². The highest BCUT2D eigenvalue weighted by atomic mass is 35.5. The van der Waals surface area contributed by atoms with Crippen molar-refractivity contribution < 1.29 is 9.90 Å². The van der Waals surface area contributed by atoms with Gasteiger partial charge in [-0.15, -0.1) is 0 Å². The predicted octanol–water partition coefficient (Wildman–Crippen LogP) is 2.62. The van der Waals surface area contributed by atoms with Gasteiger partial charge in [-0.05, 0) is 25.5 Å². The van der Waals surface area contributed by atoms with Crippen LogP contribution in [-0.2, 0) is 11.2 Å². The minimum atomic E-state index is -0.807. The van der Waals surface area contributed by atoms with Gasteiger partial charge in [-0.1, -0.05) is 11.6 Å². The molecule has 4 nitrogen and oxygen atoms in total. The van der Waals surface area contributed by atoms with E-state index >= 15 is 0 Å². The summed E-state index contributed by atoms with van der Waals surface area (Å²) in [6.07, 6.45) is 2.34. The normalized spacial score (nSPS) is 11.0. The molecule has 2 aromatic heterocycles. The van der Waals surface area contributed by atoms with Crippen molar-refractivity contribution in [1.82, 2.24) is 9.38 Å². The molecule has 0 aliphatic heterocycles. The van der Waals surface area contributed by atoms with Crippen LogP contribution in [0.4, 0.5) is 0 Å². The van der Waals surface area contributed by atoms with Crippen molar-refractivity contribution in [2.24, 2.45) is 0 Å². The standard InChI is InChI=1S/C12H13ClN2O2/c1-7-5-9(13)6-15-10(3-4-11(16)17)8(2)14-12(7)15/h5-6H,3-4H2,1-2H3,(H,16,17). The van der Waals surface area contributed by atoms with Crippen molar-refractivity contribution in [1.29, 1.82) is 0 Å². The lowest BCUT2D eigenvalue weighted by Gasteiger charge is -2.03. The summed E-state index contributed by atoms with van der Waals surface area (Å²) in [6.45, 7) is 3.83. The van der Waals surface area contributed by atoms with Crippen LogP contribution in [0.2, 0.25) is 5.02 Å². The number of pyridine rings is 1. The third kappa shape index (κ3) is 2.26. The molecule has 90 valence electrons. The molecular formula is C12H13ClN2O2. The van der Waals surface area contributed by atoms with E-state index < -0.39 is 5.97 Å². The molecule has 0 atom stereocenters. The molecule has 0 saturated carbocycles. The minimum Gasteiger partial charge on any atom is -0.481 e. The van der Waals surface area contributed by atoms with Crippen molar-refractivity contribution in [3.63, 3.8) is 0 Å². The Bertz CT molecular complexity index is 590. The second-order valence-electron chi connectivity index (χ2n) is 4.07. The summed E-state index contributed by atoms with van der Waals surface area (Å²) in [5.41, 5.74) is 3.60. The van der Waals surface area contributed by atoms with Crippen LogP contribution < -0.4 is 0 Å². The van der Waals surface area contributed by atoms with Gasteiger partial charge in [0.15, 0.2) is 0 Å². The Balaban J connectivity index is 2.54. The molecule has 0 aliphatic carbocycles. The lowest BCUT2D eigenvalue weighted by Crippen LogP contribution is -2.01. The number of imidazole rings is 1. The Morgan fingerprint density at radius 1 is 1.53 bits per heavy atom. The van der Waals surface area contributed by atoms with Crippen molar-refractivity contribution in [2.75, 3.05) is 0 Å². The van der Waals surface area contributed by atoms with Crippen LogP contribution in [0.5, 0.6) is 0 Å². The quantitative estimate of drug-likeness (QED) is 0.914. The molecule has 0 amide bonds. The van der Waals surface area contributed by atoms with Gasteiger partial charge in [-0.2, -0.15) is 0 Å². The highest BCUT2D eigenvalue weighted by Crippen LogP contribution is 2.20. The molecule has 2 heterocycles. The molecule has 0 aliphatic rings. The van der Waals surface area contributed by atoms with E-state index in [2.05, 4.69) is 4.98 Å². The lowest BCUT2D eigenvalue weighted by atomic mass is 10.2. The van der Waals surface area contributed by atoms with Crippen LogP contribution in [0.3, 0.4) is 0 Å². The van der Waals surface area contributed by atoms with Gasteiger partial charge in [-0.25, -0.2) is 4.98 Å². The second kappa shape index (κ2) is 4.37. The van der Waals surface area contributed by atoms with Gasteiger partial charge in [0.1, 0.15) is 5.65 Å². The number of aliphatic carboxylic acids is 1. The summed E-state index contributed by atoms with van der Waals surface area (Å²) in [5.74, 6) is -0.807. The smallest absolute Gasteiger partial charge is 0.303 e. The first kappa shape index (κ1) is 11.9. The third-order valence-corrected chi connectivity index (χ3v) is 2.95. The van der Waals surface area contributed by atoms with E-state index in [1.807, 2.05) is 24.3 Å². The minimum absolute atomic E-state index is 0.0974. The zero-order valence-corrected chi connectivity index (χ0v) is 10.5. The average molecular weight is 253 g/mol. The number of hydrogen-bond donors (Lipinski definition) is 1. The fourth-order valence-corrected chi connectivity index (χ4v) is 2.22. The number of halogens is 1. The topological polar surface area (TPSA) is 54.6 Å². The molecule has 0 fully saturated rings. The predicted molar refractivity (Wildman–Crippen MR) is 65.6 cm³/mol. The van der Waals surface area contributed by atoms with E-state index in [0.29, 0.717) is 11.4 Å². The number of hydrogen-bond acceptors (Lipinski definition) is 2. The lowest BCUT2D eigenvalue weighted by molar-refractivity contribution is -0.136. The van der Waals surface area contributed by atoms with Crippen LogP contribution in [0, 0.1) is 13.8 Å². The van der Waals surface area contributed by atoms with Crippen molar-refractivity contribution >= 4 is 23.2 Å². The van der Waals surface area contributed by atoms with Gasteiger partial charge >= 0.3 is 5.97 Å². The van der Waals surface area contributed by atoms with E-state index in [1.165, 1.54) is 0 Å². The van der Waals surface area contributed by atoms with Gasteiger partial charge in [-0.3, -0.25) is 4.79 Å². The first-order valence-electron chi connectivity index (χ1n) is 5.34. The van der Waals surface area contributed by atoms with E-state index in [0.717, 1.165) is 22.6 Å². The number of carboxylic acids is 1. The van der Waals surface area contributed by atoms with Gasteiger partial charge in [0.05, 0.1) is 17.1 Å². The van der Waals surface area contributed by atoms with E-state index in [1.54, 1.807) is 6.20 Å². The molecular weight excluding hydrogens is 240 g/mol. The number of rotatable bonds is 3. The fraction of sp³-hybridized carbons (Fsp3) is 0.333. The third-order valence-electron chi connectivity index (χ3n) is 2.75. The monoisotopic (exact) mass is 252 g/mol. The first-order valence-corrected chi connectivity index (χ1v) is 5.72. The SMILES string of the molecule is Cc1nc2c(C)cc(Cl)cn2c1CCC(=O)O. The van der Waals surface area contributed by atoms with Crippen molar-refractivity contribution in [3.05, 3.63) is 34.2 Å². The molecule has 0 unspecified atom stereocenters. The first-order chi connectivity index (χ1) is 7.99. The number of carbonyl (C=O) groups is 1. The molecule has 0 saturated heterocycles. The zero-order valence-electron chi connectivity index (χ0n) is 9.70. The zero-order chi connectivity index (χ0) is 12.6. The molecule has 0 radical (unpaired) electrons. The Kier molecular flexibility index (Phi) is 3.07. The highest BCUT2D eigenvalue weighted by Gasteiger charge is 2.12. The Labute approximate surface area is 104 Å². The molecule has 0 spiro atoms. The van der Waals surface area contributed by atoms with Gasteiger partial charge < -0.3 is 9.51 Å². The molecule has 2 aromatic rings. The van der Waals surface area contributed by atoms with Crippen LogP contribution in [0.15, 0.2) is 12.3 Å². The summed E-state index contributed by atoms with van der Waals surface area (Å²) in [7, 11) is 0. The maximum absolute atomic E-state index is 10.6. The second-order valence-corrected chi connectivity index (χ2v) is 4.51. The Hall–Kier alpha value is -1.55. The largest absolute Gasteiger partial charge is 0.481 e. The summed E-state index contributed by atoms with van der Waals surface area (Å²) in [5, 5.41) is 9.36. The number of carboxylic acid groups (broad SMARTS) is 1. The molecule has 5 heteroatoms. The number of aromatic nitrogens is 2. The van der Waals surface area contributed by atoms with Crippen LogP contribution >= 0.6 is 11.6 Å².